The predicted octanol–water partition coefficient (Wildman–Crippen LogP) is 9.46. The fourth-order valence-corrected chi connectivity index (χ4v) is 15.0. The van der Waals surface area contributed by atoms with Gasteiger partial charge in [0.2, 0.25) is 0 Å². The summed E-state index contributed by atoms with van der Waals surface area (Å²) in [7, 11) is 0. The molecule has 0 spiro atoms. The summed E-state index contributed by atoms with van der Waals surface area (Å²) in [5.41, 5.74) is 10.1. The van der Waals surface area contributed by atoms with Crippen LogP contribution in [-0.2, 0) is 14.3 Å². The van der Waals surface area contributed by atoms with E-state index in [9.17, 15) is 19.8 Å². The molecule has 1 aliphatic heterocycles. The van der Waals surface area contributed by atoms with E-state index in [1.807, 2.05) is 30.3 Å². The first-order valence-electron chi connectivity index (χ1n) is 21.1. The summed E-state index contributed by atoms with van der Waals surface area (Å²) >= 11 is 0. The van der Waals surface area contributed by atoms with E-state index in [1.54, 1.807) is 6.07 Å². The van der Waals surface area contributed by atoms with Gasteiger partial charge in [-0.05, 0) is 146 Å². The van der Waals surface area contributed by atoms with Crippen molar-refractivity contribution in [2.24, 2.45) is 51.2 Å². The van der Waals surface area contributed by atoms with Gasteiger partial charge in [-0.3, -0.25) is 9.59 Å². The van der Waals surface area contributed by atoms with E-state index in [0.717, 1.165) is 68.2 Å². The number of aliphatic hydroxyl groups excluding tert-OH is 1. The van der Waals surface area contributed by atoms with Gasteiger partial charge >= 0.3 is 0 Å². The number of phenols is 1. The summed E-state index contributed by atoms with van der Waals surface area (Å²) < 4.78 is 6.47. The normalized spacial score (nSPS) is 44.8. The molecule has 1 heterocycles. The van der Waals surface area contributed by atoms with Gasteiger partial charge in [0, 0.05) is 22.9 Å². The van der Waals surface area contributed by atoms with Crippen LogP contribution in [0.1, 0.15) is 129 Å². The number of rotatable bonds is 7. The zero-order valence-electron chi connectivity index (χ0n) is 33.2. The number of nitrogen functional groups attached to an aromatic ring is 1. The van der Waals surface area contributed by atoms with Gasteiger partial charge in [0.1, 0.15) is 17.6 Å². The Bertz CT molecular complexity index is 1970. The van der Waals surface area contributed by atoms with Crippen LogP contribution in [0.2, 0.25) is 0 Å². The number of anilines is 1. The van der Waals surface area contributed by atoms with Gasteiger partial charge in [0.25, 0.3) is 0 Å². The summed E-state index contributed by atoms with van der Waals surface area (Å²) in [6, 6.07) is 15.7. The average Bonchev–Trinajstić information content (AvgIpc) is 3.50. The molecular formula is C48H61NO5. The summed E-state index contributed by atoms with van der Waals surface area (Å²) in [4.78, 5) is 29.0. The number of carbonyl (C=O) groups is 2. The summed E-state index contributed by atoms with van der Waals surface area (Å²) in [6.45, 7) is 13.9. The molecule has 288 valence electrons. The van der Waals surface area contributed by atoms with E-state index in [0.29, 0.717) is 36.4 Å². The summed E-state index contributed by atoms with van der Waals surface area (Å²) in [6.07, 6.45) is 12.8. The third-order valence-corrected chi connectivity index (χ3v) is 17.7. The number of epoxide rings is 1. The number of phenolic OH excluding ortho intramolecular Hbond substituents is 1. The minimum Gasteiger partial charge on any atom is -0.508 e. The Kier molecular flexibility index (Phi) is 8.19. The fourth-order valence-electron chi connectivity index (χ4n) is 15.0. The van der Waals surface area contributed by atoms with Crippen LogP contribution in [0.3, 0.4) is 0 Å². The monoisotopic (exact) mass is 731 g/mol. The van der Waals surface area contributed by atoms with Gasteiger partial charge in [-0.1, -0.05) is 83.0 Å². The maximum atomic E-state index is 14.6. The first-order chi connectivity index (χ1) is 25.6. The van der Waals surface area contributed by atoms with Crippen molar-refractivity contribution in [2.45, 2.75) is 135 Å². The number of hydrogen-bond donors (Lipinski definition) is 3. The van der Waals surface area contributed by atoms with Crippen molar-refractivity contribution < 1.29 is 24.5 Å². The van der Waals surface area contributed by atoms with Crippen LogP contribution in [-0.4, -0.2) is 39.6 Å². The quantitative estimate of drug-likeness (QED) is 0.149. The van der Waals surface area contributed by atoms with Crippen LogP contribution in [0, 0.1) is 51.2 Å². The Morgan fingerprint density at radius 3 is 2.46 bits per heavy atom. The molecule has 8 aliphatic rings. The van der Waals surface area contributed by atoms with E-state index in [-0.39, 0.29) is 63.2 Å². The molecule has 2 bridgehead atoms. The second kappa shape index (κ2) is 12.1. The number of aromatic hydroxyl groups is 1. The maximum absolute atomic E-state index is 14.6. The molecule has 0 radical (unpaired) electrons. The van der Waals surface area contributed by atoms with E-state index in [2.05, 4.69) is 65.8 Å². The Balaban J connectivity index is 0.991. The molecule has 6 nitrogen and oxygen atoms in total. The van der Waals surface area contributed by atoms with Crippen LogP contribution in [0.4, 0.5) is 5.69 Å². The molecule has 0 amide bonds. The maximum Gasteiger partial charge on any atom is 0.159 e. The highest BCUT2D eigenvalue weighted by molar-refractivity contribution is 6.00. The minimum absolute atomic E-state index is 0.0309. The van der Waals surface area contributed by atoms with Crippen molar-refractivity contribution in [1.29, 1.82) is 0 Å². The average molecular weight is 732 g/mol. The number of carbonyl (C=O) groups excluding carboxylic acids is 2. The van der Waals surface area contributed by atoms with Gasteiger partial charge < -0.3 is 20.7 Å². The van der Waals surface area contributed by atoms with Crippen LogP contribution in [0.5, 0.6) is 5.75 Å². The number of fused-ring (bicyclic) bond motifs is 5. The number of Topliss-reactive ketones (excluding diaryl/α,β-unsaturated/α-hetero) is 2. The molecule has 0 aromatic heterocycles. The van der Waals surface area contributed by atoms with E-state index >= 15 is 0 Å². The first kappa shape index (κ1) is 36.4. The molecule has 14 unspecified atom stereocenters. The number of aliphatic hydroxyl groups is 1. The van der Waals surface area contributed by atoms with Crippen LogP contribution in [0.25, 0.3) is 0 Å². The van der Waals surface area contributed by atoms with Crippen molar-refractivity contribution in [1.82, 2.24) is 0 Å². The van der Waals surface area contributed by atoms with Gasteiger partial charge in [-0.2, -0.15) is 0 Å². The van der Waals surface area contributed by atoms with E-state index < -0.39 is 11.5 Å². The van der Waals surface area contributed by atoms with Crippen molar-refractivity contribution in [3.8, 4) is 5.75 Å². The highest BCUT2D eigenvalue weighted by Gasteiger charge is 2.72. The largest absolute Gasteiger partial charge is 0.508 e. The Morgan fingerprint density at radius 2 is 1.70 bits per heavy atom. The number of allylic oxidation sites excluding steroid dienone is 4. The molecule has 4 N–H and O–H groups in total. The van der Waals surface area contributed by atoms with Crippen molar-refractivity contribution >= 4 is 17.3 Å². The molecule has 2 aromatic carbocycles. The molecule has 6 heteroatoms. The lowest BCUT2D eigenvalue weighted by molar-refractivity contribution is -0.196. The van der Waals surface area contributed by atoms with Crippen LogP contribution >= 0.6 is 0 Å². The molecule has 7 aliphatic carbocycles. The lowest BCUT2D eigenvalue weighted by Crippen LogP contribution is -2.66. The summed E-state index contributed by atoms with van der Waals surface area (Å²) in [5, 5.41) is 22.3. The SMILES string of the molecule is CC(CC(O)C1OC1(C)C1CCCC1c1cccc(N)c1)C1=C2CCC3C4(C)C5C=CCC(C)(C(=O)C5c5cccc(O)c5)C4CCC3(C)C2(C)CC1=O. The zero-order valence-corrected chi connectivity index (χ0v) is 33.2. The van der Waals surface area contributed by atoms with E-state index in [4.69, 9.17) is 10.5 Å². The topological polar surface area (TPSA) is 113 Å². The van der Waals surface area contributed by atoms with Gasteiger partial charge in [-0.25, -0.2) is 0 Å². The third kappa shape index (κ3) is 4.83. The fraction of sp³-hybridized carbons (Fsp3) is 0.625. The first-order valence-corrected chi connectivity index (χ1v) is 21.1. The molecule has 5 fully saturated rings. The highest BCUT2D eigenvalue weighted by atomic mass is 16.6. The third-order valence-electron chi connectivity index (χ3n) is 17.7. The number of ether oxygens (including phenoxy) is 1. The standard InChI is InChI=1S/C48H61NO5/c1-27(23-36(51)43-48(6,54-43)33-16-9-15-32(33)28-11-7-13-30(49)24-28)40-34-18-19-39-45(3,46(34,4)26-37(40)52)22-20-38-44(2)21-10-17-35(47(38,39)5)41(42(44)53)29-12-8-14-31(50)25-29/h7-8,10-14,17,24-25,27,32-33,35-36,38-39,41,43,50-51H,9,15-16,18-23,26,49H2,1-6H3. The zero-order chi connectivity index (χ0) is 38.2. The van der Waals surface area contributed by atoms with Crippen LogP contribution < -0.4 is 5.73 Å². The van der Waals surface area contributed by atoms with Crippen molar-refractivity contribution in [3.05, 3.63) is 83.0 Å². The Labute approximate surface area is 322 Å². The molecule has 14 atom stereocenters. The summed E-state index contributed by atoms with van der Waals surface area (Å²) in [5.74, 6) is 1.78. The van der Waals surface area contributed by atoms with Crippen LogP contribution in [0.15, 0.2) is 71.8 Å². The molecule has 54 heavy (non-hydrogen) atoms. The molecular weight excluding hydrogens is 671 g/mol. The molecule has 4 saturated carbocycles. The highest BCUT2D eigenvalue weighted by Crippen LogP contribution is 2.77. The van der Waals surface area contributed by atoms with E-state index in [1.165, 1.54) is 11.1 Å². The molecule has 10 rings (SSSR count). The molecule has 1 saturated heterocycles. The second-order valence-corrected chi connectivity index (χ2v) is 20.0. The minimum atomic E-state index is -0.637. The Hall–Kier alpha value is -3.22. The molecule has 2 aromatic rings. The van der Waals surface area contributed by atoms with Crippen molar-refractivity contribution in [2.75, 3.05) is 5.73 Å². The lowest BCUT2D eigenvalue weighted by atomic mass is 9.33. The van der Waals surface area contributed by atoms with Crippen molar-refractivity contribution in [3.63, 3.8) is 0 Å². The van der Waals surface area contributed by atoms with Gasteiger partial charge in [-0.15, -0.1) is 0 Å². The lowest BCUT2D eigenvalue weighted by Gasteiger charge is -2.70. The predicted molar refractivity (Wildman–Crippen MR) is 212 cm³/mol. The second-order valence-electron chi connectivity index (χ2n) is 20.0. The number of benzene rings is 2. The number of ketones is 2. The smallest absolute Gasteiger partial charge is 0.159 e. The van der Waals surface area contributed by atoms with Gasteiger partial charge in [0.15, 0.2) is 5.78 Å². The number of hydrogen-bond acceptors (Lipinski definition) is 6. The Morgan fingerprint density at radius 1 is 0.944 bits per heavy atom. The number of nitrogens with two attached hydrogens (primary N) is 1. The van der Waals surface area contributed by atoms with Gasteiger partial charge in [0.05, 0.1) is 17.6 Å².